The lowest BCUT2D eigenvalue weighted by Crippen LogP contribution is -2.30. The van der Waals surface area contributed by atoms with E-state index in [2.05, 4.69) is 34.1 Å². The Balaban J connectivity index is 1.61. The van der Waals surface area contributed by atoms with Crippen LogP contribution in [0.2, 0.25) is 0 Å². The zero-order chi connectivity index (χ0) is 21.6. The molecule has 0 saturated carbocycles. The van der Waals surface area contributed by atoms with Crippen LogP contribution in [0, 0.1) is 0 Å². The molecule has 0 bridgehead atoms. The number of hydrogen-bond donors (Lipinski definition) is 1. The van der Waals surface area contributed by atoms with Gasteiger partial charge in [0.05, 0.1) is 23.6 Å². The molecule has 0 unspecified atom stereocenters. The van der Waals surface area contributed by atoms with Crippen LogP contribution < -0.4 is 5.32 Å². The molecule has 31 heavy (non-hydrogen) atoms. The Labute approximate surface area is 181 Å². The van der Waals surface area contributed by atoms with Crippen molar-refractivity contribution < 1.29 is 4.79 Å². The first-order valence-electron chi connectivity index (χ1n) is 10.6. The molecular weight excluding hydrogens is 390 g/mol. The number of carbonyl (C=O) groups is 1. The van der Waals surface area contributed by atoms with E-state index in [-0.39, 0.29) is 5.91 Å². The molecule has 0 radical (unpaired) electrons. The number of amides is 1. The minimum atomic E-state index is -0.193. The number of para-hydroxylation sites is 1. The Bertz CT molecular complexity index is 1150. The smallest absolute Gasteiger partial charge is 0.272 e. The number of carbonyl (C=O) groups excluding carboxylic acids is 1. The summed E-state index contributed by atoms with van der Waals surface area (Å²) in [4.78, 5) is 24.2. The fourth-order valence-corrected chi connectivity index (χ4v) is 3.66. The maximum atomic E-state index is 12.9. The fraction of sp³-hybridized carbons (Fsp3) is 0.304. The Morgan fingerprint density at radius 2 is 1.90 bits per heavy atom. The van der Waals surface area contributed by atoms with Crippen LogP contribution in [0.4, 0.5) is 0 Å². The molecule has 160 valence electrons. The molecule has 0 aliphatic carbocycles. The number of rotatable bonds is 9. The molecule has 0 aliphatic rings. The Morgan fingerprint density at radius 1 is 1.10 bits per heavy atom. The molecule has 0 saturated heterocycles. The first-order valence-corrected chi connectivity index (χ1v) is 10.6. The Hall–Kier alpha value is -3.52. The van der Waals surface area contributed by atoms with E-state index in [1.807, 2.05) is 51.7 Å². The van der Waals surface area contributed by atoms with Crippen LogP contribution in [0.3, 0.4) is 0 Å². The highest BCUT2D eigenvalue weighted by molar-refractivity contribution is 5.99. The lowest BCUT2D eigenvalue weighted by Gasteiger charge is -2.17. The van der Waals surface area contributed by atoms with Gasteiger partial charge in [-0.25, -0.2) is 9.67 Å². The van der Waals surface area contributed by atoms with Crippen LogP contribution in [-0.4, -0.2) is 61.1 Å². The first-order chi connectivity index (χ1) is 15.2. The molecule has 4 rings (SSSR count). The van der Waals surface area contributed by atoms with Gasteiger partial charge in [-0.1, -0.05) is 32.0 Å². The van der Waals surface area contributed by atoms with E-state index < -0.39 is 0 Å². The lowest BCUT2D eigenvalue weighted by atomic mass is 10.3. The van der Waals surface area contributed by atoms with Crippen molar-refractivity contribution in [1.29, 1.82) is 0 Å². The van der Waals surface area contributed by atoms with Gasteiger partial charge in [0, 0.05) is 18.9 Å². The van der Waals surface area contributed by atoms with E-state index in [9.17, 15) is 4.79 Å². The van der Waals surface area contributed by atoms with Crippen LogP contribution in [-0.2, 0) is 0 Å². The molecule has 1 aromatic carbocycles. The SMILES string of the molecule is CCN(CC)CCCNC(=O)c1nc(-c2ccnn2-c2ccccc2)n2ccncc12. The molecule has 4 aromatic rings. The summed E-state index contributed by atoms with van der Waals surface area (Å²) in [5, 5.41) is 7.47. The molecule has 0 atom stereocenters. The van der Waals surface area contributed by atoms with Crippen molar-refractivity contribution >= 4 is 11.4 Å². The molecule has 3 aromatic heterocycles. The second-order valence-electron chi connectivity index (χ2n) is 7.22. The number of nitrogens with one attached hydrogen (secondary N) is 1. The number of aromatic nitrogens is 5. The largest absolute Gasteiger partial charge is 0.351 e. The number of nitrogens with zero attached hydrogens (tertiary/aromatic N) is 6. The predicted molar refractivity (Wildman–Crippen MR) is 120 cm³/mol. The van der Waals surface area contributed by atoms with E-state index in [4.69, 9.17) is 4.98 Å². The average molecular weight is 418 g/mol. The lowest BCUT2D eigenvalue weighted by molar-refractivity contribution is 0.0949. The standard InChI is InChI=1S/C23H27N7O/c1-3-28(4-2)15-8-12-25-23(31)21-20-17-24-14-16-29(20)22(27-21)19-11-13-26-30(19)18-9-6-5-7-10-18/h5-7,9-11,13-14,16-17H,3-4,8,12,15H2,1-2H3,(H,25,31). The number of benzene rings is 1. The maximum absolute atomic E-state index is 12.9. The van der Waals surface area contributed by atoms with Crippen molar-refractivity contribution in [3.8, 4) is 17.2 Å². The molecule has 0 aliphatic heterocycles. The minimum Gasteiger partial charge on any atom is -0.351 e. The highest BCUT2D eigenvalue weighted by Crippen LogP contribution is 2.24. The van der Waals surface area contributed by atoms with Crippen LogP contribution in [0.25, 0.3) is 22.7 Å². The Kier molecular flexibility index (Phi) is 6.37. The summed E-state index contributed by atoms with van der Waals surface area (Å²) in [6.07, 6.45) is 7.80. The van der Waals surface area contributed by atoms with Gasteiger partial charge in [0.2, 0.25) is 0 Å². The highest BCUT2D eigenvalue weighted by atomic mass is 16.1. The molecular formula is C23H27N7O. The summed E-state index contributed by atoms with van der Waals surface area (Å²) in [6, 6.07) is 11.8. The van der Waals surface area contributed by atoms with E-state index >= 15 is 0 Å². The summed E-state index contributed by atoms with van der Waals surface area (Å²) in [6.45, 7) is 7.88. The van der Waals surface area contributed by atoms with E-state index in [1.54, 1.807) is 18.6 Å². The van der Waals surface area contributed by atoms with E-state index in [0.717, 1.165) is 37.4 Å². The summed E-state index contributed by atoms with van der Waals surface area (Å²) in [7, 11) is 0. The van der Waals surface area contributed by atoms with Crippen molar-refractivity contribution in [2.45, 2.75) is 20.3 Å². The van der Waals surface area contributed by atoms with Gasteiger partial charge in [0.25, 0.3) is 5.91 Å². The average Bonchev–Trinajstić information content (AvgIpc) is 3.44. The third-order valence-electron chi connectivity index (χ3n) is 5.37. The number of fused-ring (bicyclic) bond motifs is 1. The van der Waals surface area contributed by atoms with E-state index in [0.29, 0.717) is 23.6 Å². The first kappa shape index (κ1) is 20.7. The fourth-order valence-electron chi connectivity index (χ4n) is 3.66. The van der Waals surface area contributed by atoms with Crippen molar-refractivity contribution in [1.82, 2.24) is 34.4 Å². The van der Waals surface area contributed by atoms with Crippen LogP contribution in [0.5, 0.6) is 0 Å². The quantitative estimate of drug-likeness (QED) is 0.424. The van der Waals surface area contributed by atoms with Crippen LogP contribution in [0.1, 0.15) is 30.8 Å². The van der Waals surface area contributed by atoms with Gasteiger partial charge in [-0.05, 0) is 44.3 Å². The summed E-state index contributed by atoms with van der Waals surface area (Å²) in [5.74, 6) is 0.453. The Morgan fingerprint density at radius 3 is 2.68 bits per heavy atom. The van der Waals surface area contributed by atoms with Crippen molar-refractivity contribution in [3.05, 3.63) is 66.9 Å². The normalized spacial score (nSPS) is 11.3. The second kappa shape index (κ2) is 9.53. The van der Waals surface area contributed by atoms with Gasteiger partial charge in [0.1, 0.15) is 5.69 Å². The molecule has 1 N–H and O–H groups in total. The zero-order valence-corrected chi connectivity index (χ0v) is 17.9. The summed E-state index contributed by atoms with van der Waals surface area (Å²) < 4.78 is 3.70. The minimum absolute atomic E-state index is 0.193. The molecule has 1 amide bonds. The topological polar surface area (TPSA) is 80.4 Å². The molecule has 8 nitrogen and oxygen atoms in total. The number of hydrogen-bond acceptors (Lipinski definition) is 5. The third kappa shape index (κ3) is 4.34. The van der Waals surface area contributed by atoms with Gasteiger partial charge >= 0.3 is 0 Å². The van der Waals surface area contributed by atoms with Crippen molar-refractivity contribution in [3.63, 3.8) is 0 Å². The molecule has 8 heteroatoms. The van der Waals surface area contributed by atoms with Crippen LogP contribution in [0.15, 0.2) is 61.2 Å². The molecule has 0 fully saturated rings. The summed E-state index contributed by atoms with van der Waals surface area (Å²) >= 11 is 0. The number of imidazole rings is 1. The molecule has 0 spiro atoms. The monoisotopic (exact) mass is 417 g/mol. The highest BCUT2D eigenvalue weighted by Gasteiger charge is 2.21. The van der Waals surface area contributed by atoms with Crippen molar-refractivity contribution in [2.24, 2.45) is 0 Å². The van der Waals surface area contributed by atoms with Crippen LogP contribution >= 0.6 is 0 Å². The van der Waals surface area contributed by atoms with Crippen molar-refractivity contribution in [2.75, 3.05) is 26.2 Å². The van der Waals surface area contributed by atoms with Gasteiger partial charge < -0.3 is 10.2 Å². The van der Waals surface area contributed by atoms with E-state index in [1.165, 1.54) is 0 Å². The van der Waals surface area contributed by atoms with Gasteiger partial charge in [-0.2, -0.15) is 5.10 Å². The zero-order valence-electron chi connectivity index (χ0n) is 17.9. The molecule has 3 heterocycles. The second-order valence-corrected chi connectivity index (χ2v) is 7.22. The van der Waals surface area contributed by atoms with Gasteiger partial charge in [-0.3, -0.25) is 14.2 Å². The maximum Gasteiger partial charge on any atom is 0.272 e. The predicted octanol–water partition coefficient (Wildman–Crippen LogP) is 3.04. The van der Waals surface area contributed by atoms with Gasteiger partial charge in [0.15, 0.2) is 11.5 Å². The third-order valence-corrected chi connectivity index (χ3v) is 5.37. The van der Waals surface area contributed by atoms with Gasteiger partial charge in [-0.15, -0.1) is 0 Å². The summed E-state index contributed by atoms with van der Waals surface area (Å²) in [5.41, 5.74) is 2.76.